The van der Waals surface area contributed by atoms with Crippen LogP contribution in [0.1, 0.15) is 0 Å². The maximum Gasteiger partial charge on any atom is 0.167 e. The number of hydrogen-bond donors (Lipinski definition) is 0. The SMILES string of the molecule is c1ccc(-c2nc(-c3cccc4c3oc3ccccc34)nc(-c3cccc4oc5cccc(-c6ccc7ccc8ccccc8c7c6)c5c34)n2)cc1. The second-order valence-corrected chi connectivity index (χ2v) is 13.1. The molecule has 11 aromatic rings. The highest BCUT2D eigenvalue weighted by Crippen LogP contribution is 2.43. The molecule has 0 fully saturated rings. The first kappa shape index (κ1) is 28.7. The number of aromatic nitrogens is 3. The van der Waals surface area contributed by atoms with E-state index in [4.69, 9.17) is 23.8 Å². The molecule has 0 radical (unpaired) electrons. The maximum atomic E-state index is 6.57. The van der Waals surface area contributed by atoms with E-state index in [1.807, 2.05) is 78.9 Å². The lowest BCUT2D eigenvalue weighted by atomic mass is 9.94. The van der Waals surface area contributed by atoms with Crippen LogP contribution in [0.5, 0.6) is 0 Å². The lowest BCUT2D eigenvalue weighted by Crippen LogP contribution is -2.00. The zero-order chi connectivity index (χ0) is 34.2. The van der Waals surface area contributed by atoms with E-state index in [0.717, 1.165) is 71.7 Å². The molecule has 0 bridgehead atoms. The molecule has 52 heavy (non-hydrogen) atoms. The van der Waals surface area contributed by atoms with Crippen LogP contribution in [0.15, 0.2) is 173 Å². The average molecular weight is 666 g/mol. The Labute approximate surface area is 297 Å². The fourth-order valence-electron chi connectivity index (χ4n) is 7.72. The van der Waals surface area contributed by atoms with Gasteiger partial charge in [-0.3, -0.25) is 0 Å². The van der Waals surface area contributed by atoms with Gasteiger partial charge in [0.25, 0.3) is 0 Å². The van der Waals surface area contributed by atoms with Gasteiger partial charge in [-0.05, 0) is 63.0 Å². The van der Waals surface area contributed by atoms with Crippen LogP contribution in [0.2, 0.25) is 0 Å². The Morgan fingerprint density at radius 3 is 1.75 bits per heavy atom. The van der Waals surface area contributed by atoms with Gasteiger partial charge in [0.2, 0.25) is 0 Å². The molecule has 8 aromatic carbocycles. The highest BCUT2D eigenvalue weighted by molar-refractivity contribution is 6.18. The molecular formula is C47H27N3O2. The average Bonchev–Trinajstić information content (AvgIpc) is 3.80. The molecule has 242 valence electrons. The van der Waals surface area contributed by atoms with Gasteiger partial charge in [0.15, 0.2) is 17.5 Å². The van der Waals surface area contributed by atoms with Crippen LogP contribution in [0.4, 0.5) is 0 Å². The largest absolute Gasteiger partial charge is 0.456 e. The quantitative estimate of drug-likeness (QED) is 0.175. The molecule has 11 rings (SSSR count). The first-order chi connectivity index (χ1) is 25.8. The van der Waals surface area contributed by atoms with E-state index < -0.39 is 0 Å². The molecule has 0 N–H and O–H groups in total. The Morgan fingerprint density at radius 1 is 0.327 bits per heavy atom. The third kappa shape index (κ3) is 4.39. The number of rotatable bonds is 4. The standard InChI is InChI=1S/C47H27N3O2/c1-2-12-30(13-3-1)45-48-46(50-47(49-45)37-19-8-17-35-34-15-6-7-20-39(34)52-44(35)37)36-18-10-22-41-43(36)42-33(16-9-21-40(42)51-41)31-26-25-29-24-23-28-11-4-5-14-32(28)38(29)27-31/h1-27H. The van der Waals surface area contributed by atoms with Crippen molar-refractivity contribution in [2.45, 2.75) is 0 Å². The van der Waals surface area contributed by atoms with E-state index in [1.165, 1.54) is 21.5 Å². The van der Waals surface area contributed by atoms with E-state index in [9.17, 15) is 0 Å². The Bertz CT molecular complexity index is 3190. The van der Waals surface area contributed by atoms with Crippen molar-refractivity contribution in [2.75, 3.05) is 0 Å². The van der Waals surface area contributed by atoms with E-state index in [2.05, 4.69) is 84.9 Å². The summed E-state index contributed by atoms with van der Waals surface area (Å²) in [6, 6.07) is 56.3. The van der Waals surface area contributed by atoms with Crippen molar-refractivity contribution in [3.8, 4) is 45.3 Å². The summed E-state index contributed by atoms with van der Waals surface area (Å²) in [6.45, 7) is 0. The molecule has 0 saturated carbocycles. The summed E-state index contributed by atoms with van der Waals surface area (Å²) in [5.74, 6) is 1.68. The van der Waals surface area contributed by atoms with Gasteiger partial charge in [-0.15, -0.1) is 0 Å². The number of hydrogen-bond acceptors (Lipinski definition) is 5. The van der Waals surface area contributed by atoms with Gasteiger partial charge >= 0.3 is 0 Å². The monoisotopic (exact) mass is 665 g/mol. The fourth-order valence-corrected chi connectivity index (χ4v) is 7.72. The molecule has 0 saturated heterocycles. The molecule has 0 spiro atoms. The van der Waals surface area contributed by atoms with Gasteiger partial charge < -0.3 is 8.83 Å². The second-order valence-electron chi connectivity index (χ2n) is 13.1. The summed E-state index contributed by atoms with van der Waals surface area (Å²) in [5, 5.41) is 8.94. The maximum absolute atomic E-state index is 6.57. The lowest BCUT2D eigenvalue weighted by Gasteiger charge is -2.11. The lowest BCUT2D eigenvalue weighted by molar-refractivity contribution is 0.668. The van der Waals surface area contributed by atoms with Crippen LogP contribution in [0.3, 0.4) is 0 Å². The van der Waals surface area contributed by atoms with Crippen molar-refractivity contribution in [1.82, 2.24) is 15.0 Å². The number of furan rings is 2. The first-order valence-electron chi connectivity index (χ1n) is 17.4. The molecule has 0 aliphatic heterocycles. The zero-order valence-corrected chi connectivity index (χ0v) is 27.7. The van der Waals surface area contributed by atoms with Gasteiger partial charge in [0, 0.05) is 32.7 Å². The summed E-state index contributed by atoms with van der Waals surface area (Å²) < 4.78 is 13.0. The van der Waals surface area contributed by atoms with Gasteiger partial charge in [0.1, 0.15) is 22.3 Å². The summed E-state index contributed by atoms with van der Waals surface area (Å²) >= 11 is 0. The number of nitrogens with zero attached hydrogens (tertiary/aromatic N) is 3. The Kier molecular flexibility index (Phi) is 6.18. The fraction of sp³-hybridized carbons (Fsp3) is 0. The van der Waals surface area contributed by atoms with Crippen molar-refractivity contribution in [3.05, 3.63) is 164 Å². The number of para-hydroxylation sites is 2. The minimum Gasteiger partial charge on any atom is -0.456 e. The molecule has 0 amide bonds. The molecule has 5 nitrogen and oxygen atoms in total. The number of benzene rings is 8. The summed E-state index contributed by atoms with van der Waals surface area (Å²) in [7, 11) is 0. The van der Waals surface area contributed by atoms with Crippen LogP contribution in [-0.2, 0) is 0 Å². The predicted molar refractivity (Wildman–Crippen MR) is 211 cm³/mol. The van der Waals surface area contributed by atoms with Crippen molar-refractivity contribution in [2.24, 2.45) is 0 Å². The van der Waals surface area contributed by atoms with Crippen LogP contribution >= 0.6 is 0 Å². The van der Waals surface area contributed by atoms with Crippen molar-refractivity contribution >= 4 is 65.4 Å². The van der Waals surface area contributed by atoms with Crippen molar-refractivity contribution in [1.29, 1.82) is 0 Å². The molecule has 5 heteroatoms. The van der Waals surface area contributed by atoms with Crippen LogP contribution < -0.4 is 0 Å². The summed E-state index contributed by atoms with van der Waals surface area (Å²) in [4.78, 5) is 15.4. The molecule has 0 atom stereocenters. The normalized spacial score (nSPS) is 11.8. The van der Waals surface area contributed by atoms with Crippen LogP contribution in [0, 0.1) is 0 Å². The third-order valence-electron chi connectivity index (χ3n) is 10.1. The molecule has 3 aromatic heterocycles. The predicted octanol–water partition coefficient (Wildman–Crippen LogP) is 12.6. The van der Waals surface area contributed by atoms with Gasteiger partial charge in [-0.25, -0.2) is 15.0 Å². The van der Waals surface area contributed by atoms with Gasteiger partial charge in [0.05, 0.1) is 5.56 Å². The Hall–Kier alpha value is -7.11. The highest BCUT2D eigenvalue weighted by Gasteiger charge is 2.22. The highest BCUT2D eigenvalue weighted by atomic mass is 16.3. The summed E-state index contributed by atoms with van der Waals surface area (Å²) in [5.41, 5.74) is 7.93. The molecular weight excluding hydrogens is 639 g/mol. The van der Waals surface area contributed by atoms with Gasteiger partial charge in [-0.2, -0.15) is 0 Å². The Balaban J connectivity index is 1.18. The molecule has 0 unspecified atom stereocenters. The van der Waals surface area contributed by atoms with E-state index >= 15 is 0 Å². The number of fused-ring (bicyclic) bond motifs is 9. The van der Waals surface area contributed by atoms with Crippen molar-refractivity contribution < 1.29 is 8.83 Å². The Morgan fingerprint density at radius 2 is 0.904 bits per heavy atom. The van der Waals surface area contributed by atoms with Crippen molar-refractivity contribution in [3.63, 3.8) is 0 Å². The smallest absolute Gasteiger partial charge is 0.167 e. The van der Waals surface area contributed by atoms with E-state index in [-0.39, 0.29) is 0 Å². The molecule has 0 aliphatic carbocycles. The van der Waals surface area contributed by atoms with E-state index in [1.54, 1.807) is 0 Å². The minimum absolute atomic E-state index is 0.542. The molecule has 0 aliphatic rings. The van der Waals surface area contributed by atoms with Gasteiger partial charge in [-0.1, -0.05) is 133 Å². The summed E-state index contributed by atoms with van der Waals surface area (Å²) in [6.07, 6.45) is 0. The second kappa shape index (κ2) is 11.2. The van der Waals surface area contributed by atoms with Crippen LogP contribution in [-0.4, -0.2) is 15.0 Å². The van der Waals surface area contributed by atoms with E-state index in [0.29, 0.717) is 17.5 Å². The third-order valence-corrected chi connectivity index (χ3v) is 10.1. The van der Waals surface area contributed by atoms with Crippen LogP contribution in [0.25, 0.3) is 111 Å². The topological polar surface area (TPSA) is 65.0 Å². The zero-order valence-electron chi connectivity index (χ0n) is 27.7. The molecule has 3 heterocycles. The first-order valence-corrected chi connectivity index (χ1v) is 17.4. The minimum atomic E-state index is 0.542.